The monoisotopic (exact) mass is 262 g/mol. The van der Waals surface area contributed by atoms with Crippen LogP contribution in [0, 0.1) is 0 Å². The molecule has 0 aliphatic carbocycles. The summed E-state index contributed by atoms with van der Waals surface area (Å²) in [6.07, 6.45) is 6.35. The predicted octanol–water partition coefficient (Wildman–Crippen LogP) is 1.58. The van der Waals surface area contributed by atoms with Crippen LogP contribution in [0.5, 0.6) is 0 Å². The zero-order valence-electron chi connectivity index (χ0n) is 11.0. The zero-order chi connectivity index (χ0) is 12.6. The Bertz CT molecular complexity index is 283. The quantitative estimate of drug-likeness (QED) is 0.739. The number of sulfonamides is 1. The van der Waals surface area contributed by atoms with E-state index in [0.29, 0.717) is 12.2 Å². The maximum atomic E-state index is 12.1. The maximum absolute atomic E-state index is 12.1. The van der Waals surface area contributed by atoms with Crippen molar-refractivity contribution in [2.45, 2.75) is 45.4 Å². The zero-order valence-corrected chi connectivity index (χ0v) is 11.8. The van der Waals surface area contributed by atoms with Crippen molar-refractivity contribution in [2.24, 2.45) is 0 Å². The van der Waals surface area contributed by atoms with Gasteiger partial charge in [0.1, 0.15) is 0 Å². The smallest absolute Gasteiger partial charge is 0.214 e. The van der Waals surface area contributed by atoms with Crippen molar-refractivity contribution in [3.63, 3.8) is 0 Å². The molecule has 0 bridgehead atoms. The average Bonchev–Trinajstić information content (AvgIpc) is 2.23. The fraction of sp³-hybridized carbons (Fsp3) is 1.00. The van der Waals surface area contributed by atoms with Crippen molar-refractivity contribution in [1.29, 1.82) is 0 Å². The number of nitrogens with zero attached hydrogens (tertiary/aromatic N) is 1. The Morgan fingerprint density at radius 2 is 1.65 bits per heavy atom. The molecule has 0 radical (unpaired) electrons. The van der Waals surface area contributed by atoms with E-state index in [0.717, 1.165) is 39.0 Å². The van der Waals surface area contributed by atoms with E-state index < -0.39 is 10.0 Å². The Balaban J connectivity index is 2.37. The maximum Gasteiger partial charge on any atom is 0.214 e. The van der Waals surface area contributed by atoms with Crippen molar-refractivity contribution in [2.75, 3.05) is 31.9 Å². The van der Waals surface area contributed by atoms with Gasteiger partial charge in [0.25, 0.3) is 0 Å². The van der Waals surface area contributed by atoms with Crippen LogP contribution < -0.4 is 5.32 Å². The molecule has 4 nitrogen and oxygen atoms in total. The first kappa shape index (κ1) is 14.9. The molecule has 0 aromatic rings. The lowest BCUT2D eigenvalue weighted by atomic mass is 10.1. The molecule has 0 saturated carbocycles. The fourth-order valence-corrected chi connectivity index (χ4v) is 3.76. The largest absolute Gasteiger partial charge is 0.317 e. The van der Waals surface area contributed by atoms with Crippen molar-refractivity contribution in [3.05, 3.63) is 0 Å². The summed E-state index contributed by atoms with van der Waals surface area (Å²) in [5.41, 5.74) is 0. The van der Waals surface area contributed by atoms with Gasteiger partial charge in [-0.25, -0.2) is 12.7 Å². The summed E-state index contributed by atoms with van der Waals surface area (Å²) >= 11 is 0. The summed E-state index contributed by atoms with van der Waals surface area (Å²) in [6.45, 7) is 5.19. The molecule has 0 aromatic heterocycles. The molecule has 1 fully saturated rings. The molecular formula is C12H26N2O2S. The van der Waals surface area contributed by atoms with Crippen molar-refractivity contribution in [1.82, 2.24) is 9.62 Å². The van der Waals surface area contributed by atoms with Crippen LogP contribution in [0.4, 0.5) is 0 Å². The molecule has 17 heavy (non-hydrogen) atoms. The summed E-state index contributed by atoms with van der Waals surface area (Å²) < 4.78 is 25.9. The minimum Gasteiger partial charge on any atom is -0.317 e. The molecule has 1 aliphatic rings. The van der Waals surface area contributed by atoms with Gasteiger partial charge in [-0.2, -0.15) is 0 Å². The first-order valence-electron chi connectivity index (χ1n) is 6.85. The van der Waals surface area contributed by atoms with E-state index in [4.69, 9.17) is 0 Å². The number of hydrogen-bond acceptors (Lipinski definition) is 3. The molecule has 5 heteroatoms. The third-order valence-electron chi connectivity index (χ3n) is 3.21. The lowest BCUT2D eigenvalue weighted by molar-refractivity contribution is 0.363. The van der Waals surface area contributed by atoms with Crippen molar-refractivity contribution in [3.8, 4) is 0 Å². The molecular weight excluding hydrogens is 236 g/mol. The van der Waals surface area contributed by atoms with Crippen LogP contribution in [-0.4, -0.2) is 44.7 Å². The van der Waals surface area contributed by atoms with E-state index in [2.05, 4.69) is 5.32 Å². The highest BCUT2D eigenvalue weighted by Crippen LogP contribution is 2.14. The standard InChI is InChI=1S/C12H26N2O2S/c1-2-13-9-8-12-17(15,16)14-10-6-4-3-5-7-11-14/h13H,2-12H2,1H3. The van der Waals surface area contributed by atoms with Crippen LogP contribution in [0.25, 0.3) is 0 Å². The first-order valence-corrected chi connectivity index (χ1v) is 8.46. The van der Waals surface area contributed by atoms with Gasteiger partial charge in [-0.15, -0.1) is 0 Å². The van der Waals surface area contributed by atoms with Crippen LogP contribution in [0.1, 0.15) is 45.4 Å². The van der Waals surface area contributed by atoms with Gasteiger partial charge in [0, 0.05) is 13.1 Å². The molecule has 0 atom stereocenters. The Labute approximate surface area is 106 Å². The molecule has 0 unspecified atom stereocenters. The van der Waals surface area contributed by atoms with E-state index in [1.165, 1.54) is 19.3 Å². The molecule has 1 saturated heterocycles. The Hall–Kier alpha value is -0.130. The molecule has 1 heterocycles. The van der Waals surface area contributed by atoms with Crippen LogP contribution in [0.3, 0.4) is 0 Å². The van der Waals surface area contributed by atoms with E-state index in [-0.39, 0.29) is 0 Å². The minimum atomic E-state index is -3.01. The topological polar surface area (TPSA) is 49.4 Å². The van der Waals surface area contributed by atoms with Crippen LogP contribution in [-0.2, 0) is 10.0 Å². The summed E-state index contributed by atoms with van der Waals surface area (Å²) in [5.74, 6) is 0.292. The number of hydrogen-bond donors (Lipinski definition) is 1. The average molecular weight is 262 g/mol. The van der Waals surface area contributed by atoms with Crippen LogP contribution >= 0.6 is 0 Å². The normalized spacial score (nSPS) is 19.8. The number of nitrogens with one attached hydrogen (secondary N) is 1. The summed E-state index contributed by atoms with van der Waals surface area (Å²) in [5, 5.41) is 3.16. The second kappa shape index (κ2) is 8.06. The Morgan fingerprint density at radius 1 is 1.06 bits per heavy atom. The lowest BCUT2D eigenvalue weighted by Crippen LogP contribution is -2.36. The van der Waals surface area contributed by atoms with Gasteiger partial charge in [0.2, 0.25) is 10.0 Å². The van der Waals surface area contributed by atoms with Crippen LogP contribution in [0.2, 0.25) is 0 Å². The minimum absolute atomic E-state index is 0.292. The van der Waals surface area contributed by atoms with Gasteiger partial charge in [-0.3, -0.25) is 0 Å². The molecule has 1 aliphatic heterocycles. The fourth-order valence-electron chi connectivity index (χ4n) is 2.18. The van der Waals surface area contributed by atoms with Crippen molar-refractivity contribution >= 4 is 10.0 Å². The van der Waals surface area contributed by atoms with Gasteiger partial charge in [0.05, 0.1) is 5.75 Å². The summed E-state index contributed by atoms with van der Waals surface area (Å²) in [7, 11) is -3.01. The van der Waals surface area contributed by atoms with E-state index >= 15 is 0 Å². The molecule has 1 rings (SSSR count). The second-order valence-corrected chi connectivity index (χ2v) is 6.78. The van der Waals surface area contributed by atoms with Crippen molar-refractivity contribution < 1.29 is 8.42 Å². The SMILES string of the molecule is CCNCCCS(=O)(=O)N1CCCCCCC1. The van der Waals surface area contributed by atoms with Gasteiger partial charge in [-0.05, 0) is 32.4 Å². The molecule has 0 aromatic carbocycles. The van der Waals surface area contributed by atoms with Gasteiger partial charge >= 0.3 is 0 Å². The second-order valence-electron chi connectivity index (χ2n) is 4.69. The van der Waals surface area contributed by atoms with E-state index in [1.54, 1.807) is 4.31 Å². The van der Waals surface area contributed by atoms with Gasteiger partial charge < -0.3 is 5.32 Å². The molecule has 1 N–H and O–H groups in total. The lowest BCUT2D eigenvalue weighted by Gasteiger charge is -2.24. The predicted molar refractivity (Wildman–Crippen MR) is 71.6 cm³/mol. The molecule has 0 amide bonds. The van der Waals surface area contributed by atoms with E-state index in [1.807, 2.05) is 6.92 Å². The highest BCUT2D eigenvalue weighted by molar-refractivity contribution is 7.89. The Kier molecular flexibility index (Phi) is 7.08. The number of rotatable bonds is 6. The summed E-state index contributed by atoms with van der Waals surface area (Å²) in [6, 6.07) is 0. The summed E-state index contributed by atoms with van der Waals surface area (Å²) in [4.78, 5) is 0. The third-order valence-corrected chi connectivity index (χ3v) is 5.17. The van der Waals surface area contributed by atoms with E-state index in [9.17, 15) is 8.42 Å². The molecule has 0 spiro atoms. The Morgan fingerprint density at radius 3 is 2.24 bits per heavy atom. The third kappa shape index (κ3) is 5.84. The highest BCUT2D eigenvalue weighted by atomic mass is 32.2. The van der Waals surface area contributed by atoms with Gasteiger partial charge in [0.15, 0.2) is 0 Å². The first-order chi connectivity index (χ1) is 8.17. The van der Waals surface area contributed by atoms with Gasteiger partial charge in [-0.1, -0.05) is 26.2 Å². The van der Waals surface area contributed by atoms with Crippen LogP contribution in [0.15, 0.2) is 0 Å². The molecule has 102 valence electrons. The highest BCUT2D eigenvalue weighted by Gasteiger charge is 2.21.